The van der Waals surface area contributed by atoms with Crippen molar-refractivity contribution in [3.05, 3.63) is 107 Å². The molecular formula is C30H35NO4. The van der Waals surface area contributed by atoms with Gasteiger partial charge in [-0.2, -0.15) is 0 Å². The molecule has 35 heavy (non-hydrogen) atoms. The van der Waals surface area contributed by atoms with Crippen molar-refractivity contribution < 1.29 is 20.1 Å². The van der Waals surface area contributed by atoms with Crippen molar-refractivity contribution in [3.8, 4) is 0 Å². The molecule has 0 saturated carbocycles. The molecule has 0 spiro atoms. The second kappa shape index (κ2) is 10.3. The van der Waals surface area contributed by atoms with Crippen LogP contribution < -0.4 is 0 Å². The molecule has 1 heterocycles. The Morgan fingerprint density at radius 3 is 1.80 bits per heavy atom. The van der Waals surface area contributed by atoms with Gasteiger partial charge in [-0.15, -0.1) is 0 Å². The topological polar surface area (TPSA) is 81.0 Å². The second-order valence-electron chi connectivity index (χ2n) is 10.1. The van der Waals surface area contributed by atoms with Crippen LogP contribution in [0.3, 0.4) is 0 Å². The number of nitrogens with zero attached hydrogens (tertiary/aromatic N) is 1. The first kappa shape index (κ1) is 25.1. The summed E-state index contributed by atoms with van der Waals surface area (Å²) in [6, 6.07) is 27.0. The molecule has 1 saturated heterocycles. The zero-order valence-corrected chi connectivity index (χ0v) is 20.5. The number of β-amino-alcohol motifs (C(OH)–C–C–N with tert-alkyl or cyclic N) is 1. The van der Waals surface area contributed by atoms with Crippen molar-refractivity contribution >= 4 is 5.97 Å². The lowest BCUT2D eigenvalue weighted by molar-refractivity contribution is -0.142. The molecule has 1 fully saturated rings. The highest BCUT2D eigenvalue weighted by Gasteiger charge is 2.41. The van der Waals surface area contributed by atoms with Crippen LogP contribution in [0.5, 0.6) is 0 Å². The number of aliphatic hydroxyl groups excluding tert-OH is 1. The largest absolute Gasteiger partial charge is 0.481 e. The van der Waals surface area contributed by atoms with Crippen LogP contribution in [0.2, 0.25) is 0 Å². The van der Waals surface area contributed by atoms with Crippen molar-refractivity contribution in [2.45, 2.75) is 43.8 Å². The molecule has 184 valence electrons. The van der Waals surface area contributed by atoms with Gasteiger partial charge in [0, 0.05) is 6.54 Å². The Labute approximate surface area is 207 Å². The van der Waals surface area contributed by atoms with Crippen LogP contribution in [0.1, 0.15) is 55.0 Å². The van der Waals surface area contributed by atoms with E-state index in [0.29, 0.717) is 12.1 Å². The number of carboxylic acid groups (broad SMARTS) is 1. The van der Waals surface area contributed by atoms with E-state index < -0.39 is 23.1 Å². The van der Waals surface area contributed by atoms with E-state index >= 15 is 0 Å². The fraction of sp³-hybridized carbons (Fsp3) is 0.367. The Morgan fingerprint density at radius 1 is 0.857 bits per heavy atom. The van der Waals surface area contributed by atoms with Gasteiger partial charge in [0.1, 0.15) is 5.60 Å². The second-order valence-corrected chi connectivity index (χ2v) is 10.1. The minimum Gasteiger partial charge on any atom is -0.481 e. The molecule has 4 rings (SSSR count). The quantitative estimate of drug-likeness (QED) is 0.441. The van der Waals surface area contributed by atoms with Crippen LogP contribution in [0.15, 0.2) is 84.9 Å². The van der Waals surface area contributed by atoms with Crippen LogP contribution in [-0.4, -0.2) is 45.8 Å². The molecular weight excluding hydrogens is 438 g/mol. The molecule has 1 atom stereocenters. The first-order valence-corrected chi connectivity index (χ1v) is 12.3. The Balaban J connectivity index is 1.43. The van der Waals surface area contributed by atoms with E-state index in [9.17, 15) is 20.1 Å². The van der Waals surface area contributed by atoms with Crippen LogP contribution in [0.4, 0.5) is 0 Å². The molecule has 5 nitrogen and oxygen atoms in total. The van der Waals surface area contributed by atoms with Gasteiger partial charge >= 0.3 is 5.97 Å². The summed E-state index contributed by atoms with van der Waals surface area (Å²) in [6.45, 7) is 5.43. The Kier molecular flexibility index (Phi) is 7.41. The van der Waals surface area contributed by atoms with E-state index in [1.807, 2.05) is 72.8 Å². The minimum absolute atomic E-state index is 0.0678. The van der Waals surface area contributed by atoms with Gasteiger partial charge in [-0.05, 0) is 68.0 Å². The molecule has 3 aromatic carbocycles. The van der Waals surface area contributed by atoms with Crippen LogP contribution >= 0.6 is 0 Å². The van der Waals surface area contributed by atoms with E-state index in [0.717, 1.165) is 42.6 Å². The summed E-state index contributed by atoms with van der Waals surface area (Å²) < 4.78 is 0. The van der Waals surface area contributed by atoms with Crippen LogP contribution in [0.25, 0.3) is 0 Å². The number of likely N-dealkylation sites (tertiary alicyclic amines) is 1. The lowest BCUT2D eigenvalue weighted by Crippen LogP contribution is -2.45. The zero-order valence-electron chi connectivity index (χ0n) is 20.5. The maximum absolute atomic E-state index is 12.0. The van der Waals surface area contributed by atoms with E-state index in [1.165, 1.54) is 0 Å². The third-order valence-electron chi connectivity index (χ3n) is 7.59. The first-order valence-electron chi connectivity index (χ1n) is 12.3. The summed E-state index contributed by atoms with van der Waals surface area (Å²) in [4.78, 5) is 13.8. The maximum atomic E-state index is 12.0. The summed E-state index contributed by atoms with van der Waals surface area (Å²) >= 11 is 0. The summed E-state index contributed by atoms with van der Waals surface area (Å²) in [5.41, 5.74) is 1.28. The van der Waals surface area contributed by atoms with Crippen molar-refractivity contribution in [3.63, 3.8) is 0 Å². The number of hydrogen-bond donors (Lipinski definition) is 3. The number of carbonyl (C=O) groups is 1. The number of hydrogen-bond acceptors (Lipinski definition) is 4. The van der Waals surface area contributed by atoms with E-state index in [-0.39, 0.29) is 5.92 Å². The van der Waals surface area contributed by atoms with Gasteiger partial charge in [0.25, 0.3) is 0 Å². The zero-order chi connectivity index (χ0) is 25.1. The van der Waals surface area contributed by atoms with Crippen molar-refractivity contribution in [1.82, 2.24) is 4.90 Å². The highest BCUT2D eigenvalue weighted by atomic mass is 16.4. The Morgan fingerprint density at radius 2 is 1.34 bits per heavy atom. The maximum Gasteiger partial charge on any atom is 0.313 e. The fourth-order valence-electron chi connectivity index (χ4n) is 5.15. The van der Waals surface area contributed by atoms with Crippen molar-refractivity contribution in [2.75, 3.05) is 19.6 Å². The third kappa shape index (κ3) is 5.18. The predicted octanol–water partition coefficient (Wildman–Crippen LogP) is 4.73. The lowest BCUT2D eigenvalue weighted by Gasteiger charge is -2.42. The van der Waals surface area contributed by atoms with E-state index in [2.05, 4.69) is 4.90 Å². The normalized spacial score (nSPS) is 16.7. The Bertz CT molecular complexity index is 1060. The standard InChI is InChI=1S/C30H35NO4/c1-29(2,28(33)34)23-15-13-22(14-16-23)27(32)21-31-19-17-26(18-20-31)30(35,24-9-5-3-6-10-24)25-11-7-4-8-12-25/h3-16,26-27,32,35H,17-21H2,1-2H3,(H,33,34). The van der Waals surface area contributed by atoms with Gasteiger partial charge in [0.2, 0.25) is 0 Å². The number of benzene rings is 3. The molecule has 5 heteroatoms. The molecule has 0 amide bonds. The number of piperidine rings is 1. The molecule has 3 N–H and O–H groups in total. The van der Waals surface area contributed by atoms with Crippen LogP contribution in [0, 0.1) is 5.92 Å². The monoisotopic (exact) mass is 473 g/mol. The first-order chi connectivity index (χ1) is 16.7. The van der Waals surface area contributed by atoms with Crippen molar-refractivity contribution in [2.24, 2.45) is 5.92 Å². The number of carboxylic acids is 1. The SMILES string of the molecule is CC(C)(C(=O)O)c1ccc(C(O)CN2CCC(C(O)(c3ccccc3)c3ccccc3)CC2)cc1. The molecule has 3 aromatic rings. The summed E-state index contributed by atoms with van der Waals surface area (Å²) in [5.74, 6) is -0.808. The smallest absolute Gasteiger partial charge is 0.313 e. The molecule has 0 aliphatic carbocycles. The van der Waals surface area contributed by atoms with Crippen molar-refractivity contribution in [1.29, 1.82) is 0 Å². The number of aliphatic hydroxyl groups is 2. The molecule has 1 aliphatic rings. The summed E-state index contributed by atoms with van der Waals surface area (Å²) in [6.07, 6.45) is 0.980. The molecule has 1 aliphatic heterocycles. The fourth-order valence-corrected chi connectivity index (χ4v) is 5.15. The average Bonchev–Trinajstić information content (AvgIpc) is 2.89. The van der Waals surface area contributed by atoms with Crippen LogP contribution in [-0.2, 0) is 15.8 Å². The number of rotatable bonds is 8. The highest BCUT2D eigenvalue weighted by molar-refractivity contribution is 5.80. The van der Waals surface area contributed by atoms with Gasteiger partial charge in [-0.3, -0.25) is 4.79 Å². The average molecular weight is 474 g/mol. The molecule has 0 radical (unpaired) electrons. The Hall–Kier alpha value is -2.99. The molecule has 1 unspecified atom stereocenters. The third-order valence-corrected chi connectivity index (χ3v) is 7.59. The highest BCUT2D eigenvalue weighted by Crippen LogP contribution is 2.42. The van der Waals surface area contributed by atoms with Gasteiger partial charge in [0.15, 0.2) is 0 Å². The lowest BCUT2D eigenvalue weighted by atomic mass is 9.72. The van der Waals surface area contributed by atoms with Gasteiger partial charge in [-0.1, -0.05) is 84.9 Å². The van der Waals surface area contributed by atoms with E-state index in [1.54, 1.807) is 26.0 Å². The minimum atomic E-state index is -1.06. The molecule has 0 bridgehead atoms. The van der Waals surface area contributed by atoms with E-state index in [4.69, 9.17) is 0 Å². The van der Waals surface area contributed by atoms with Gasteiger partial charge < -0.3 is 20.2 Å². The summed E-state index contributed by atoms with van der Waals surface area (Å²) in [5, 5.41) is 32.3. The van der Waals surface area contributed by atoms with Gasteiger partial charge in [0.05, 0.1) is 11.5 Å². The number of aliphatic carboxylic acids is 1. The molecule has 0 aromatic heterocycles. The van der Waals surface area contributed by atoms with Gasteiger partial charge in [-0.25, -0.2) is 0 Å². The predicted molar refractivity (Wildman–Crippen MR) is 137 cm³/mol. The summed E-state index contributed by atoms with van der Waals surface area (Å²) in [7, 11) is 0.